The average molecular weight is 285 g/mol. The molecule has 0 aromatic rings. The molecule has 2 aliphatic rings. The van der Waals surface area contributed by atoms with Crippen LogP contribution in [0.2, 0.25) is 0 Å². The lowest BCUT2D eigenvalue weighted by Gasteiger charge is -2.30. The predicted octanol–water partition coefficient (Wildman–Crippen LogP) is 2.94. The minimum absolute atomic E-state index is 0.265. The molecule has 0 bridgehead atoms. The van der Waals surface area contributed by atoms with Crippen LogP contribution in [0.15, 0.2) is 0 Å². The first-order valence-electron chi connectivity index (χ1n) is 7.48. The summed E-state index contributed by atoms with van der Waals surface area (Å²) >= 11 is 1.73. The van der Waals surface area contributed by atoms with Crippen molar-refractivity contribution in [1.82, 2.24) is 4.90 Å². The molecule has 0 N–H and O–H groups in total. The standard InChI is InChI=1S/C15H27NO2S/c1-12(15(2)7-8-15)16(3)14(17)11-19-10-13-6-4-5-9-18-13/h12-13H,4-11H2,1-3H3/t12-,13+/m1/s1. The van der Waals surface area contributed by atoms with Crippen LogP contribution in [0.4, 0.5) is 0 Å². The van der Waals surface area contributed by atoms with Crippen molar-refractivity contribution in [1.29, 1.82) is 0 Å². The van der Waals surface area contributed by atoms with E-state index < -0.39 is 0 Å². The Morgan fingerprint density at radius 2 is 2.21 bits per heavy atom. The third-order valence-corrected chi connectivity index (χ3v) is 5.88. The van der Waals surface area contributed by atoms with Crippen LogP contribution in [-0.4, -0.2) is 48.1 Å². The van der Waals surface area contributed by atoms with Gasteiger partial charge < -0.3 is 9.64 Å². The molecule has 1 aliphatic heterocycles. The number of rotatable bonds is 6. The molecule has 2 atom stereocenters. The number of hydrogen-bond donors (Lipinski definition) is 0. The Hall–Kier alpha value is -0.220. The van der Waals surface area contributed by atoms with Gasteiger partial charge in [0.05, 0.1) is 11.9 Å². The molecule has 3 nitrogen and oxygen atoms in total. The van der Waals surface area contributed by atoms with Crippen molar-refractivity contribution in [2.75, 3.05) is 25.2 Å². The topological polar surface area (TPSA) is 29.5 Å². The van der Waals surface area contributed by atoms with Crippen LogP contribution in [0.1, 0.15) is 46.0 Å². The Morgan fingerprint density at radius 3 is 2.79 bits per heavy atom. The Bertz CT molecular complexity index is 311. The van der Waals surface area contributed by atoms with E-state index in [9.17, 15) is 4.79 Å². The minimum Gasteiger partial charge on any atom is -0.377 e. The number of thioether (sulfide) groups is 1. The van der Waals surface area contributed by atoms with Crippen molar-refractivity contribution >= 4 is 17.7 Å². The van der Waals surface area contributed by atoms with Gasteiger partial charge in [-0.05, 0) is 44.4 Å². The Morgan fingerprint density at radius 1 is 1.47 bits per heavy atom. The molecule has 0 aromatic carbocycles. The molecule has 2 fully saturated rings. The second kappa shape index (κ2) is 6.49. The van der Waals surface area contributed by atoms with Crippen LogP contribution in [0.5, 0.6) is 0 Å². The van der Waals surface area contributed by atoms with Crippen LogP contribution >= 0.6 is 11.8 Å². The van der Waals surface area contributed by atoms with E-state index in [1.54, 1.807) is 11.8 Å². The van der Waals surface area contributed by atoms with Gasteiger partial charge in [-0.1, -0.05) is 6.92 Å². The van der Waals surface area contributed by atoms with Crippen molar-refractivity contribution < 1.29 is 9.53 Å². The fourth-order valence-electron chi connectivity index (χ4n) is 2.62. The fourth-order valence-corrected chi connectivity index (χ4v) is 3.64. The van der Waals surface area contributed by atoms with E-state index in [2.05, 4.69) is 13.8 Å². The van der Waals surface area contributed by atoms with Gasteiger partial charge in [-0.25, -0.2) is 0 Å². The molecule has 1 saturated carbocycles. The lowest BCUT2D eigenvalue weighted by Crippen LogP contribution is -2.41. The lowest BCUT2D eigenvalue weighted by molar-refractivity contribution is -0.130. The Balaban J connectivity index is 1.65. The minimum atomic E-state index is 0.265. The van der Waals surface area contributed by atoms with Gasteiger partial charge in [0.15, 0.2) is 0 Å². The second-order valence-electron chi connectivity index (χ2n) is 6.34. The molecule has 4 heteroatoms. The first-order chi connectivity index (χ1) is 9.03. The van der Waals surface area contributed by atoms with E-state index in [-0.39, 0.29) is 5.91 Å². The van der Waals surface area contributed by atoms with Gasteiger partial charge in [-0.3, -0.25) is 4.79 Å². The SMILES string of the molecule is C[C@@H](N(C)C(=O)CSC[C@@H]1CCCCO1)C1(C)CC1. The summed E-state index contributed by atoms with van der Waals surface area (Å²) in [5.74, 6) is 1.82. The molecule has 19 heavy (non-hydrogen) atoms. The summed E-state index contributed by atoms with van der Waals surface area (Å²) in [6.45, 7) is 5.36. The zero-order valence-corrected chi connectivity index (χ0v) is 13.3. The van der Waals surface area contributed by atoms with Crippen LogP contribution in [0, 0.1) is 5.41 Å². The second-order valence-corrected chi connectivity index (χ2v) is 7.37. The molecule has 0 radical (unpaired) electrons. The summed E-state index contributed by atoms with van der Waals surface area (Å²) in [6.07, 6.45) is 6.51. The van der Waals surface area contributed by atoms with E-state index in [4.69, 9.17) is 4.74 Å². The Labute approximate surface area is 121 Å². The predicted molar refractivity (Wildman–Crippen MR) is 80.5 cm³/mol. The van der Waals surface area contributed by atoms with E-state index in [0.29, 0.717) is 23.3 Å². The number of ether oxygens (including phenoxy) is 1. The third kappa shape index (κ3) is 4.12. The van der Waals surface area contributed by atoms with Gasteiger partial charge in [0.1, 0.15) is 0 Å². The maximum Gasteiger partial charge on any atom is 0.232 e. The first-order valence-corrected chi connectivity index (χ1v) is 8.63. The van der Waals surface area contributed by atoms with Crippen LogP contribution in [0.3, 0.4) is 0 Å². The zero-order valence-electron chi connectivity index (χ0n) is 12.5. The number of hydrogen-bond acceptors (Lipinski definition) is 3. The normalized spacial score (nSPS) is 26.8. The highest BCUT2D eigenvalue weighted by atomic mass is 32.2. The lowest BCUT2D eigenvalue weighted by atomic mass is 10.00. The van der Waals surface area contributed by atoms with E-state index in [1.165, 1.54) is 25.7 Å². The quantitative estimate of drug-likeness (QED) is 0.751. The first kappa shape index (κ1) is 15.2. The maximum atomic E-state index is 12.2. The van der Waals surface area contributed by atoms with Crippen molar-refractivity contribution in [2.45, 2.75) is 58.1 Å². The summed E-state index contributed by atoms with van der Waals surface area (Å²) < 4.78 is 5.69. The molecule has 1 heterocycles. The average Bonchev–Trinajstić information content (AvgIpc) is 3.17. The largest absolute Gasteiger partial charge is 0.377 e. The van der Waals surface area contributed by atoms with Gasteiger partial charge in [0.2, 0.25) is 5.91 Å². The monoisotopic (exact) mass is 285 g/mol. The summed E-state index contributed by atoms with van der Waals surface area (Å²) in [5, 5.41) is 0. The third-order valence-electron chi connectivity index (χ3n) is 4.82. The molecule has 0 spiro atoms. The van der Waals surface area contributed by atoms with Crippen molar-refractivity contribution in [3.05, 3.63) is 0 Å². The molecular formula is C15H27NO2S. The van der Waals surface area contributed by atoms with Crippen LogP contribution in [0.25, 0.3) is 0 Å². The number of nitrogens with zero attached hydrogens (tertiary/aromatic N) is 1. The molecule has 0 aromatic heterocycles. The molecular weight excluding hydrogens is 258 g/mol. The highest BCUT2D eigenvalue weighted by Gasteiger charge is 2.45. The molecule has 1 saturated heterocycles. The smallest absolute Gasteiger partial charge is 0.232 e. The van der Waals surface area contributed by atoms with Crippen molar-refractivity contribution in [3.8, 4) is 0 Å². The van der Waals surface area contributed by atoms with Crippen LogP contribution < -0.4 is 0 Å². The zero-order chi connectivity index (χ0) is 13.9. The molecule has 1 aliphatic carbocycles. The summed E-state index contributed by atoms with van der Waals surface area (Å²) in [7, 11) is 1.95. The van der Waals surface area contributed by atoms with E-state index in [0.717, 1.165) is 18.8 Å². The summed E-state index contributed by atoms with van der Waals surface area (Å²) in [5.41, 5.74) is 0.377. The van der Waals surface area contributed by atoms with Gasteiger partial charge in [0, 0.05) is 25.4 Å². The highest BCUT2D eigenvalue weighted by molar-refractivity contribution is 7.99. The van der Waals surface area contributed by atoms with Crippen LogP contribution in [-0.2, 0) is 9.53 Å². The molecule has 1 amide bonds. The molecule has 110 valence electrons. The van der Waals surface area contributed by atoms with Gasteiger partial charge in [-0.2, -0.15) is 0 Å². The van der Waals surface area contributed by atoms with E-state index >= 15 is 0 Å². The van der Waals surface area contributed by atoms with Gasteiger partial charge >= 0.3 is 0 Å². The number of amides is 1. The molecule has 2 rings (SSSR count). The van der Waals surface area contributed by atoms with E-state index in [1.807, 2.05) is 11.9 Å². The van der Waals surface area contributed by atoms with Crippen molar-refractivity contribution in [3.63, 3.8) is 0 Å². The van der Waals surface area contributed by atoms with Gasteiger partial charge in [0.25, 0.3) is 0 Å². The maximum absolute atomic E-state index is 12.2. The summed E-state index contributed by atoms with van der Waals surface area (Å²) in [6, 6.07) is 0.367. The van der Waals surface area contributed by atoms with Crippen molar-refractivity contribution in [2.24, 2.45) is 5.41 Å². The fraction of sp³-hybridized carbons (Fsp3) is 0.933. The van der Waals surface area contributed by atoms with Gasteiger partial charge in [-0.15, -0.1) is 11.8 Å². The summed E-state index contributed by atoms with van der Waals surface area (Å²) in [4.78, 5) is 14.1. The number of carbonyl (C=O) groups is 1. The highest BCUT2D eigenvalue weighted by Crippen LogP contribution is 2.49. The Kier molecular flexibility index (Phi) is 5.18. The number of carbonyl (C=O) groups excluding carboxylic acids is 1. The molecule has 0 unspecified atom stereocenters.